The fraction of sp³-hybridized carbons (Fsp3) is 0.360. The minimum absolute atomic E-state index is 0.00477. The average Bonchev–Trinajstić information content (AvgIpc) is 3.18. The van der Waals surface area contributed by atoms with E-state index in [0.717, 1.165) is 43.7 Å². The topological polar surface area (TPSA) is 64.2 Å². The lowest BCUT2D eigenvalue weighted by Gasteiger charge is -2.34. The summed E-state index contributed by atoms with van der Waals surface area (Å²) in [4.78, 5) is 27.7. The molecule has 0 radical (unpaired) electrons. The van der Waals surface area contributed by atoms with Crippen molar-refractivity contribution in [2.24, 2.45) is 5.92 Å². The van der Waals surface area contributed by atoms with Crippen LogP contribution < -0.4 is 5.63 Å². The first kappa shape index (κ1) is 19.7. The van der Waals surface area contributed by atoms with Gasteiger partial charge in [0.15, 0.2) is 0 Å². The van der Waals surface area contributed by atoms with Gasteiger partial charge in [-0.15, -0.1) is 0 Å². The third kappa shape index (κ3) is 3.46. The van der Waals surface area contributed by atoms with Gasteiger partial charge >= 0.3 is 5.63 Å². The van der Waals surface area contributed by atoms with Gasteiger partial charge in [-0.3, -0.25) is 9.20 Å². The highest BCUT2D eigenvalue weighted by atomic mass is 16.5. The number of carbonyl (C=O) groups is 1. The predicted octanol–water partition coefficient (Wildman–Crippen LogP) is 4.46. The van der Waals surface area contributed by atoms with E-state index in [9.17, 15) is 9.59 Å². The van der Waals surface area contributed by atoms with Gasteiger partial charge in [0.25, 0.3) is 5.91 Å². The lowest BCUT2D eigenvalue weighted by atomic mass is 9.87. The first-order chi connectivity index (χ1) is 15.0. The van der Waals surface area contributed by atoms with E-state index in [2.05, 4.69) is 12.2 Å². The maximum atomic E-state index is 13.4. The molecule has 1 atom stereocenters. The van der Waals surface area contributed by atoms with Crippen LogP contribution in [0.4, 0.5) is 0 Å². The van der Waals surface area contributed by atoms with Crippen molar-refractivity contribution < 1.29 is 13.9 Å². The Morgan fingerprint density at radius 3 is 2.94 bits per heavy atom. The summed E-state index contributed by atoms with van der Waals surface area (Å²) in [6.07, 6.45) is 8.39. The molecule has 6 nitrogen and oxygen atoms in total. The van der Waals surface area contributed by atoms with Crippen molar-refractivity contribution in [3.63, 3.8) is 0 Å². The number of hydrogen-bond acceptors (Lipinski definition) is 4. The predicted molar refractivity (Wildman–Crippen MR) is 119 cm³/mol. The molecule has 1 amide bonds. The van der Waals surface area contributed by atoms with Crippen LogP contribution in [0.25, 0.3) is 16.6 Å². The zero-order chi connectivity index (χ0) is 21.5. The largest absolute Gasteiger partial charge is 0.501 e. The van der Waals surface area contributed by atoms with Crippen molar-refractivity contribution in [1.82, 2.24) is 9.30 Å². The third-order valence-corrected chi connectivity index (χ3v) is 6.48. The van der Waals surface area contributed by atoms with Gasteiger partial charge in [0.05, 0.1) is 23.8 Å². The lowest BCUT2D eigenvalue weighted by Crippen LogP contribution is -2.40. The number of amides is 1. The van der Waals surface area contributed by atoms with Crippen LogP contribution in [-0.4, -0.2) is 35.4 Å². The number of benzene rings is 1. The Kier molecular flexibility index (Phi) is 4.93. The maximum absolute atomic E-state index is 13.4. The third-order valence-electron chi connectivity index (χ3n) is 6.48. The standard InChI is InChI=1S/C25H26N2O4/c1-16-8-11-23-27(16)22-14-18(9-10-21(22)25(29)31-23)24(28)26-12-4-6-19(15-26)17-5-3-7-20(13-17)30-2/h5,8-11,13-14,19H,3-4,6-7,12,15H2,1-2H3. The Hall–Kier alpha value is -3.28. The molecule has 160 valence electrons. The Bertz CT molecular complexity index is 1290. The minimum Gasteiger partial charge on any atom is -0.501 e. The summed E-state index contributed by atoms with van der Waals surface area (Å²) in [5.41, 5.74) is 3.64. The lowest BCUT2D eigenvalue weighted by molar-refractivity contribution is 0.0692. The molecule has 5 rings (SSSR count). The highest BCUT2D eigenvalue weighted by Gasteiger charge is 2.27. The van der Waals surface area contributed by atoms with E-state index in [1.165, 1.54) is 5.57 Å². The number of fused-ring (bicyclic) bond motifs is 3. The van der Waals surface area contributed by atoms with Gasteiger partial charge in [-0.2, -0.15) is 0 Å². The first-order valence-electron chi connectivity index (χ1n) is 10.8. The monoisotopic (exact) mass is 418 g/mol. The molecule has 1 saturated heterocycles. The number of allylic oxidation sites excluding steroid dienone is 3. The molecule has 3 heterocycles. The Morgan fingerprint density at radius 1 is 1.23 bits per heavy atom. The molecular weight excluding hydrogens is 392 g/mol. The van der Waals surface area contributed by atoms with Crippen molar-refractivity contribution in [3.05, 3.63) is 75.5 Å². The number of hydrogen-bond donors (Lipinski definition) is 0. The van der Waals surface area contributed by atoms with Crippen molar-refractivity contribution >= 4 is 22.5 Å². The number of aromatic nitrogens is 1. The molecule has 1 aromatic carbocycles. The van der Waals surface area contributed by atoms with E-state index in [-0.39, 0.29) is 11.5 Å². The Morgan fingerprint density at radius 2 is 2.10 bits per heavy atom. The molecule has 31 heavy (non-hydrogen) atoms. The number of piperidine rings is 1. The fourth-order valence-corrected chi connectivity index (χ4v) is 4.84. The maximum Gasteiger partial charge on any atom is 0.346 e. The number of methoxy groups -OCH3 is 1. The molecule has 1 aliphatic carbocycles. The van der Waals surface area contributed by atoms with Crippen LogP contribution in [-0.2, 0) is 4.74 Å². The summed E-state index contributed by atoms with van der Waals surface area (Å²) in [7, 11) is 1.72. The molecule has 0 spiro atoms. The quantitative estimate of drug-likeness (QED) is 0.630. The summed E-state index contributed by atoms with van der Waals surface area (Å²) in [5, 5.41) is 0.476. The van der Waals surface area contributed by atoms with Crippen LogP contribution in [0.3, 0.4) is 0 Å². The Labute approximate surface area is 180 Å². The van der Waals surface area contributed by atoms with Gasteiger partial charge in [-0.25, -0.2) is 4.79 Å². The highest BCUT2D eigenvalue weighted by molar-refractivity contribution is 5.98. The molecule has 0 bridgehead atoms. The number of nitrogens with zero attached hydrogens (tertiary/aromatic N) is 2. The summed E-state index contributed by atoms with van der Waals surface area (Å²) in [6, 6.07) is 8.94. The molecule has 0 saturated carbocycles. The van der Waals surface area contributed by atoms with Crippen molar-refractivity contribution in [3.8, 4) is 0 Å². The molecule has 1 aliphatic heterocycles. The summed E-state index contributed by atoms with van der Waals surface area (Å²) < 4.78 is 12.7. The minimum atomic E-state index is -0.386. The van der Waals surface area contributed by atoms with E-state index in [4.69, 9.17) is 9.15 Å². The number of ether oxygens (including phenoxy) is 1. The second-order valence-corrected chi connectivity index (χ2v) is 8.42. The molecule has 3 aromatic rings. The number of rotatable bonds is 3. The normalized spacial score (nSPS) is 19.4. The molecule has 0 N–H and O–H groups in total. The van der Waals surface area contributed by atoms with Gasteiger partial charge in [0.2, 0.25) is 5.71 Å². The smallest absolute Gasteiger partial charge is 0.346 e. The zero-order valence-corrected chi connectivity index (χ0v) is 17.9. The van der Waals surface area contributed by atoms with Crippen LogP contribution in [0.1, 0.15) is 41.7 Å². The first-order valence-corrected chi connectivity index (χ1v) is 10.8. The summed E-state index contributed by atoms with van der Waals surface area (Å²) in [5.74, 6) is 1.35. The van der Waals surface area contributed by atoms with Crippen LogP contribution in [0.15, 0.2) is 63.0 Å². The Balaban J connectivity index is 1.46. The second-order valence-electron chi connectivity index (χ2n) is 8.42. The van der Waals surface area contributed by atoms with Crippen LogP contribution >= 0.6 is 0 Å². The van der Waals surface area contributed by atoms with Crippen molar-refractivity contribution in [1.29, 1.82) is 0 Å². The summed E-state index contributed by atoms with van der Waals surface area (Å²) in [6.45, 7) is 3.40. The second kappa shape index (κ2) is 7.76. The van der Waals surface area contributed by atoms with Gasteiger partial charge in [0, 0.05) is 42.8 Å². The van der Waals surface area contributed by atoms with E-state index in [1.54, 1.807) is 25.3 Å². The van der Waals surface area contributed by atoms with Crippen molar-refractivity contribution in [2.75, 3.05) is 20.2 Å². The zero-order valence-electron chi connectivity index (χ0n) is 17.9. The van der Waals surface area contributed by atoms with Crippen LogP contribution in [0, 0.1) is 12.8 Å². The molecular formula is C25H26N2O4. The molecule has 2 aromatic heterocycles. The van der Waals surface area contributed by atoms with Gasteiger partial charge in [-0.05, 0) is 62.1 Å². The van der Waals surface area contributed by atoms with Gasteiger partial charge in [0.1, 0.15) is 0 Å². The van der Waals surface area contributed by atoms with E-state index in [0.29, 0.717) is 34.6 Å². The number of likely N-dealkylation sites (tertiary alicyclic amines) is 1. The van der Waals surface area contributed by atoms with Crippen molar-refractivity contribution in [2.45, 2.75) is 32.6 Å². The molecule has 1 unspecified atom stereocenters. The number of aryl methyl sites for hydroxylation is 1. The van der Waals surface area contributed by atoms with E-state index < -0.39 is 0 Å². The SMILES string of the molecule is COC1=CC(C2CCCN(C(=O)c3ccc4c(=O)oc5ccc(C)n5c4c3)C2)=CCC1. The van der Waals surface area contributed by atoms with E-state index in [1.807, 2.05) is 28.4 Å². The highest BCUT2D eigenvalue weighted by Crippen LogP contribution is 2.30. The van der Waals surface area contributed by atoms with Gasteiger partial charge in [-0.1, -0.05) is 6.08 Å². The fourth-order valence-electron chi connectivity index (χ4n) is 4.84. The average molecular weight is 418 g/mol. The van der Waals surface area contributed by atoms with Gasteiger partial charge < -0.3 is 14.1 Å². The van der Waals surface area contributed by atoms with Crippen LogP contribution in [0.2, 0.25) is 0 Å². The molecule has 2 aliphatic rings. The molecule has 6 heteroatoms. The van der Waals surface area contributed by atoms with Crippen LogP contribution in [0.5, 0.6) is 0 Å². The number of carbonyl (C=O) groups excluding carboxylic acids is 1. The van der Waals surface area contributed by atoms with E-state index >= 15 is 0 Å². The molecule has 1 fully saturated rings. The summed E-state index contributed by atoms with van der Waals surface area (Å²) >= 11 is 0.